The molecule has 236 valence electrons. The van der Waals surface area contributed by atoms with Crippen LogP contribution in [0.5, 0.6) is 0 Å². The van der Waals surface area contributed by atoms with E-state index in [1.807, 2.05) is 44.2 Å². The Hall–Kier alpha value is -3.56. The van der Waals surface area contributed by atoms with Crippen LogP contribution in [0.3, 0.4) is 0 Å². The summed E-state index contributed by atoms with van der Waals surface area (Å²) in [6.45, 7) is 4.68. The largest absolute Gasteiger partial charge is 0.352 e. The van der Waals surface area contributed by atoms with Crippen molar-refractivity contribution in [1.82, 2.24) is 10.2 Å². The summed E-state index contributed by atoms with van der Waals surface area (Å²) >= 11 is 19.2. The highest BCUT2D eigenvalue weighted by Crippen LogP contribution is 2.30. The molecule has 1 atom stereocenters. The average molecular weight is 687 g/mol. The Kier molecular flexibility index (Phi) is 11.6. The number of rotatable bonds is 12. The molecule has 45 heavy (non-hydrogen) atoms. The molecule has 0 saturated heterocycles. The molecular weight excluding hydrogens is 653 g/mol. The maximum atomic E-state index is 14.6. The van der Waals surface area contributed by atoms with E-state index in [2.05, 4.69) is 5.32 Å². The van der Waals surface area contributed by atoms with Crippen molar-refractivity contribution in [2.24, 2.45) is 0 Å². The van der Waals surface area contributed by atoms with Gasteiger partial charge < -0.3 is 10.2 Å². The van der Waals surface area contributed by atoms with Crippen molar-refractivity contribution in [3.05, 3.63) is 129 Å². The zero-order valence-electron chi connectivity index (χ0n) is 25.1. The van der Waals surface area contributed by atoms with E-state index >= 15 is 0 Å². The minimum Gasteiger partial charge on any atom is -0.352 e. The summed E-state index contributed by atoms with van der Waals surface area (Å²) in [6, 6.07) is 25.7. The number of halogens is 3. The molecule has 0 bridgehead atoms. The number of benzene rings is 4. The van der Waals surface area contributed by atoms with E-state index in [0.717, 1.165) is 9.87 Å². The number of hydrogen-bond donors (Lipinski definition) is 1. The van der Waals surface area contributed by atoms with Gasteiger partial charge in [0.15, 0.2) is 0 Å². The summed E-state index contributed by atoms with van der Waals surface area (Å²) in [6.07, 6.45) is 0.168. The second kappa shape index (κ2) is 15.1. The van der Waals surface area contributed by atoms with E-state index in [4.69, 9.17) is 34.8 Å². The van der Waals surface area contributed by atoms with Gasteiger partial charge >= 0.3 is 0 Å². The molecule has 4 aromatic carbocycles. The predicted molar refractivity (Wildman–Crippen MR) is 181 cm³/mol. The van der Waals surface area contributed by atoms with E-state index in [1.54, 1.807) is 49.4 Å². The van der Waals surface area contributed by atoms with Gasteiger partial charge in [0.2, 0.25) is 11.8 Å². The van der Waals surface area contributed by atoms with Crippen molar-refractivity contribution in [3.63, 3.8) is 0 Å². The molecule has 11 heteroatoms. The molecule has 0 aliphatic carbocycles. The molecule has 7 nitrogen and oxygen atoms in total. The normalized spacial score (nSPS) is 12.1. The molecule has 0 saturated carbocycles. The third kappa shape index (κ3) is 8.58. The first-order valence-electron chi connectivity index (χ1n) is 14.3. The Labute approximate surface area is 279 Å². The van der Waals surface area contributed by atoms with Crippen LogP contribution in [0.4, 0.5) is 5.69 Å². The Morgan fingerprint density at radius 3 is 2.00 bits per heavy atom. The first-order valence-corrected chi connectivity index (χ1v) is 16.9. The molecule has 0 radical (unpaired) electrons. The third-order valence-corrected chi connectivity index (χ3v) is 9.89. The van der Waals surface area contributed by atoms with Gasteiger partial charge in [0.25, 0.3) is 10.0 Å². The lowest BCUT2D eigenvalue weighted by Gasteiger charge is -2.34. The third-order valence-electron chi connectivity index (χ3n) is 7.16. The van der Waals surface area contributed by atoms with E-state index < -0.39 is 34.4 Å². The van der Waals surface area contributed by atoms with Gasteiger partial charge in [-0.3, -0.25) is 13.9 Å². The average Bonchev–Trinajstić information content (AvgIpc) is 2.99. The molecule has 0 spiro atoms. The molecule has 0 aliphatic rings. The fourth-order valence-corrected chi connectivity index (χ4v) is 7.00. The SMILES string of the molecule is Cc1ccccc1N(CC(=O)N(Cc1c(Cl)cccc1Cl)[C@H](Cc1ccccc1)C(=O)NC(C)C)S(=O)(=O)c1ccc(Cl)cc1. The Morgan fingerprint density at radius 1 is 0.800 bits per heavy atom. The van der Waals surface area contributed by atoms with Crippen molar-refractivity contribution in [3.8, 4) is 0 Å². The van der Waals surface area contributed by atoms with E-state index in [1.165, 1.54) is 29.2 Å². The first kappa shape index (κ1) is 34.3. The zero-order valence-corrected chi connectivity index (χ0v) is 28.2. The van der Waals surface area contributed by atoms with E-state index in [-0.39, 0.29) is 23.9 Å². The second-order valence-electron chi connectivity index (χ2n) is 10.8. The van der Waals surface area contributed by atoms with Crippen molar-refractivity contribution in [2.45, 2.75) is 50.7 Å². The first-order chi connectivity index (χ1) is 21.4. The molecule has 0 aromatic heterocycles. The standard InChI is InChI=1S/C34H34Cl3N3O4S/c1-23(2)38-34(42)32(20-25-11-5-4-6-12-25)39(21-28-29(36)13-9-14-30(28)37)33(41)22-40(31-15-8-7-10-24(31)3)45(43,44)27-18-16-26(35)17-19-27/h4-19,23,32H,20-22H2,1-3H3,(H,38,42)/t32-/m1/s1. The number of carbonyl (C=O) groups excluding carboxylic acids is 2. The van der Waals surface area contributed by atoms with Gasteiger partial charge in [0, 0.05) is 39.6 Å². The summed E-state index contributed by atoms with van der Waals surface area (Å²) in [5.41, 5.74) is 2.21. The second-order valence-corrected chi connectivity index (χ2v) is 14.0. The van der Waals surface area contributed by atoms with Crippen LogP contribution in [0.15, 0.2) is 102 Å². The quantitative estimate of drug-likeness (QED) is 0.169. The number of nitrogens with one attached hydrogen (secondary N) is 1. The number of sulfonamides is 1. The number of aryl methyl sites for hydroxylation is 1. The lowest BCUT2D eigenvalue weighted by atomic mass is 10.0. The van der Waals surface area contributed by atoms with Crippen LogP contribution >= 0.6 is 34.8 Å². The van der Waals surface area contributed by atoms with Crippen LogP contribution in [0, 0.1) is 6.92 Å². The Bertz CT molecular complexity index is 1730. The predicted octanol–water partition coefficient (Wildman–Crippen LogP) is 7.32. The van der Waals surface area contributed by atoms with Crippen LogP contribution in [-0.2, 0) is 32.6 Å². The van der Waals surface area contributed by atoms with Gasteiger partial charge in [-0.1, -0.05) is 89.4 Å². The summed E-state index contributed by atoms with van der Waals surface area (Å²) in [5, 5.41) is 3.92. The molecular formula is C34H34Cl3N3O4S. The molecule has 0 aliphatic heterocycles. The highest BCUT2D eigenvalue weighted by Gasteiger charge is 2.35. The fraction of sp³-hybridized carbons (Fsp3) is 0.235. The van der Waals surface area contributed by atoms with E-state index in [9.17, 15) is 18.0 Å². The van der Waals surface area contributed by atoms with Gasteiger partial charge in [-0.25, -0.2) is 8.42 Å². The monoisotopic (exact) mass is 685 g/mol. The molecule has 4 aromatic rings. The van der Waals surface area contributed by atoms with E-state index in [0.29, 0.717) is 31.9 Å². The highest BCUT2D eigenvalue weighted by atomic mass is 35.5. The molecule has 0 unspecified atom stereocenters. The summed E-state index contributed by atoms with van der Waals surface area (Å²) in [4.78, 5) is 29.7. The molecule has 0 fully saturated rings. The van der Waals surface area contributed by atoms with Gasteiger partial charge in [0.05, 0.1) is 10.6 Å². The summed E-state index contributed by atoms with van der Waals surface area (Å²) in [5.74, 6) is -1.01. The lowest BCUT2D eigenvalue weighted by Crippen LogP contribution is -2.54. The topological polar surface area (TPSA) is 86.8 Å². The summed E-state index contributed by atoms with van der Waals surface area (Å²) < 4.78 is 29.4. The lowest BCUT2D eigenvalue weighted by molar-refractivity contribution is -0.140. The molecule has 0 heterocycles. The Balaban J connectivity index is 1.85. The molecule has 2 amide bonds. The fourth-order valence-electron chi connectivity index (χ4n) is 4.88. The van der Waals surface area contributed by atoms with Gasteiger partial charge in [-0.2, -0.15) is 0 Å². The number of anilines is 1. The number of para-hydroxylation sites is 1. The Morgan fingerprint density at radius 2 is 1.40 bits per heavy atom. The highest BCUT2D eigenvalue weighted by molar-refractivity contribution is 7.92. The van der Waals surface area contributed by atoms with Crippen molar-refractivity contribution >= 4 is 62.3 Å². The van der Waals surface area contributed by atoms with Crippen molar-refractivity contribution in [2.75, 3.05) is 10.8 Å². The number of carbonyl (C=O) groups is 2. The molecule has 1 N–H and O–H groups in total. The van der Waals surface area contributed by atoms with Crippen molar-refractivity contribution < 1.29 is 18.0 Å². The zero-order chi connectivity index (χ0) is 32.7. The minimum absolute atomic E-state index is 0.0398. The van der Waals surface area contributed by atoms with Gasteiger partial charge in [0.1, 0.15) is 12.6 Å². The van der Waals surface area contributed by atoms with Crippen LogP contribution < -0.4 is 9.62 Å². The van der Waals surface area contributed by atoms with Crippen LogP contribution in [0.1, 0.15) is 30.5 Å². The number of hydrogen-bond acceptors (Lipinski definition) is 4. The maximum Gasteiger partial charge on any atom is 0.264 e. The van der Waals surface area contributed by atoms with Crippen LogP contribution in [0.25, 0.3) is 0 Å². The van der Waals surface area contributed by atoms with Crippen LogP contribution in [0.2, 0.25) is 15.1 Å². The summed E-state index contributed by atoms with van der Waals surface area (Å²) in [7, 11) is -4.26. The smallest absolute Gasteiger partial charge is 0.264 e. The number of amides is 2. The van der Waals surface area contributed by atoms with Crippen molar-refractivity contribution in [1.29, 1.82) is 0 Å². The van der Waals surface area contributed by atoms with Gasteiger partial charge in [-0.05, 0) is 74.4 Å². The van der Waals surface area contributed by atoms with Gasteiger partial charge in [-0.15, -0.1) is 0 Å². The molecule has 4 rings (SSSR count). The number of nitrogens with zero attached hydrogens (tertiary/aromatic N) is 2. The maximum absolute atomic E-state index is 14.6. The minimum atomic E-state index is -4.26. The van der Waals surface area contributed by atoms with Crippen LogP contribution in [-0.4, -0.2) is 43.8 Å².